The average Bonchev–Trinajstić information content (AvgIpc) is 3.31. The Labute approximate surface area is 274 Å². The highest BCUT2D eigenvalue weighted by Gasteiger charge is 2.59. The normalized spacial score (nSPS) is 43.4. The standard InChI is InChI=1S/C37H53NO8/c1-21(2)14-25(6)33-26(7)31(38-42-8)19-36(46-33)18-29-17-28(45-36)13-12-23(4)15-22(3)10-9-11-27-20-43-34-32(39)24(5)16-30(35(40)44-29)37(27,34)41/h9-12,14,16,21-22,24,26,28-29,32-34,39,41H,13,15,17-20H2,1-8H3/b10-9+,23-12+,25-14+,27-11?,38-31+/t22-,24-,26-,28+,29-,32+,33+,34+,36-,37+/m0/s1. The molecule has 3 fully saturated rings. The van der Waals surface area contributed by atoms with Crippen LogP contribution in [0.15, 0.2) is 63.9 Å². The summed E-state index contributed by atoms with van der Waals surface area (Å²) < 4.78 is 26.0. The molecule has 1 spiro atoms. The van der Waals surface area contributed by atoms with E-state index in [0.717, 1.165) is 17.7 Å². The number of oxime groups is 1. The molecule has 4 aliphatic heterocycles. The van der Waals surface area contributed by atoms with Gasteiger partial charge in [-0.15, -0.1) is 0 Å². The van der Waals surface area contributed by atoms with Crippen LogP contribution in [0.25, 0.3) is 0 Å². The Morgan fingerprint density at radius 1 is 1.20 bits per heavy atom. The number of hydrogen-bond acceptors (Lipinski definition) is 9. The summed E-state index contributed by atoms with van der Waals surface area (Å²) in [7, 11) is 1.55. The maximum absolute atomic E-state index is 14.1. The molecule has 0 aromatic carbocycles. The van der Waals surface area contributed by atoms with Crippen molar-refractivity contribution in [1.82, 2.24) is 0 Å². The number of esters is 1. The van der Waals surface area contributed by atoms with Crippen LogP contribution in [0, 0.1) is 23.7 Å². The maximum atomic E-state index is 14.1. The number of rotatable bonds is 3. The van der Waals surface area contributed by atoms with E-state index in [1.165, 1.54) is 5.57 Å². The summed E-state index contributed by atoms with van der Waals surface area (Å²) in [4.78, 5) is 19.4. The van der Waals surface area contributed by atoms with Gasteiger partial charge in [0.1, 0.15) is 24.9 Å². The highest BCUT2D eigenvalue weighted by molar-refractivity contribution is 5.93. The molecule has 2 N–H and O–H groups in total. The lowest BCUT2D eigenvalue weighted by Crippen LogP contribution is -2.58. The lowest BCUT2D eigenvalue weighted by molar-refractivity contribution is -0.313. The van der Waals surface area contributed by atoms with E-state index >= 15 is 0 Å². The van der Waals surface area contributed by atoms with Crippen LogP contribution in [0.2, 0.25) is 0 Å². The van der Waals surface area contributed by atoms with Crippen molar-refractivity contribution >= 4 is 11.7 Å². The van der Waals surface area contributed by atoms with E-state index in [9.17, 15) is 15.0 Å². The number of carbonyl (C=O) groups excluding carboxylic acids is 1. The lowest BCUT2D eigenvalue weighted by Gasteiger charge is -2.50. The minimum atomic E-state index is -1.80. The van der Waals surface area contributed by atoms with Gasteiger partial charge in [-0.05, 0) is 49.7 Å². The van der Waals surface area contributed by atoms with E-state index in [2.05, 4.69) is 64.9 Å². The van der Waals surface area contributed by atoms with Gasteiger partial charge >= 0.3 is 5.97 Å². The summed E-state index contributed by atoms with van der Waals surface area (Å²) in [5.41, 5.74) is 1.99. The highest BCUT2D eigenvalue weighted by Crippen LogP contribution is 2.47. The summed E-state index contributed by atoms with van der Waals surface area (Å²) in [6.45, 7) is 14.6. The van der Waals surface area contributed by atoms with Gasteiger partial charge in [0.2, 0.25) is 0 Å². The third-order valence-corrected chi connectivity index (χ3v) is 10.1. The van der Waals surface area contributed by atoms with Gasteiger partial charge in [-0.1, -0.05) is 81.8 Å². The van der Waals surface area contributed by atoms with Crippen molar-refractivity contribution in [3.63, 3.8) is 0 Å². The Hall–Kier alpha value is -2.56. The summed E-state index contributed by atoms with van der Waals surface area (Å²) in [5, 5.41) is 27.6. The molecule has 9 heteroatoms. The molecule has 5 aliphatic rings. The largest absolute Gasteiger partial charge is 0.459 e. The number of allylic oxidation sites excluding steroid dienone is 5. The molecule has 46 heavy (non-hydrogen) atoms. The second kappa shape index (κ2) is 13.9. The molecule has 0 radical (unpaired) electrons. The Bertz CT molecular complexity index is 1340. The molecule has 0 amide bonds. The van der Waals surface area contributed by atoms with Crippen molar-refractivity contribution < 1.29 is 38.8 Å². The van der Waals surface area contributed by atoms with Crippen molar-refractivity contribution in [2.75, 3.05) is 13.7 Å². The van der Waals surface area contributed by atoms with E-state index in [-0.39, 0.29) is 36.2 Å². The molecule has 254 valence electrons. The van der Waals surface area contributed by atoms with Gasteiger partial charge in [-0.2, -0.15) is 0 Å². The molecule has 1 aliphatic carbocycles. The first-order valence-corrected chi connectivity index (χ1v) is 16.9. The number of aliphatic hydroxyl groups is 2. The van der Waals surface area contributed by atoms with Crippen LogP contribution in [-0.4, -0.2) is 77.5 Å². The average molecular weight is 640 g/mol. The third-order valence-electron chi connectivity index (χ3n) is 10.1. The fourth-order valence-corrected chi connectivity index (χ4v) is 7.87. The van der Waals surface area contributed by atoms with Crippen LogP contribution in [-0.2, 0) is 28.6 Å². The van der Waals surface area contributed by atoms with Crippen LogP contribution in [0.1, 0.15) is 80.6 Å². The molecule has 0 unspecified atom stereocenters. The Kier molecular flexibility index (Phi) is 10.5. The Morgan fingerprint density at radius 2 is 1.96 bits per heavy atom. The topological polar surface area (TPSA) is 116 Å². The van der Waals surface area contributed by atoms with Gasteiger partial charge in [0, 0.05) is 31.1 Å². The van der Waals surface area contributed by atoms with Crippen LogP contribution in [0.5, 0.6) is 0 Å². The second-order valence-corrected chi connectivity index (χ2v) is 14.5. The fraction of sp³-hybridized carbons (Fsp3) is 0.676. The lowest BCUT2D eigenvalue weighted by atomic mass is 9.72. The fourth-order valence-electron chi connectivity index (χ4n) is 7.87. The van der Waals surface area contributed by atoms with Crippen LogP contribution < -0.4 is 0 Å². The van der Waals surface area contributed by atoms with Crippen molar-refractivity contribution in [2.45, 2.75) is 122 Å². The molecule has 10 atom stereocenters. The Morgan fingerprint density at radius 3 is 2.67 bits per heavy atom. The van der Waals surface area contributed by atoms with Crippen molar-refractivity contribution in [2.24, 2.45) is 28.8 Å². The first-order chi connectivity index (χ1) is 21.8. The minimum Gasteiger partial charge on any atom is -0.459 e. The summed E-state index contributed by atoms with van der Waals surface area (Å²) in [5.74, 6) is -1.59. The van der Waals surface area contributed by atoms with E-state index in [4.69, 9.17) is 23.8 Å². The van der Waals surface area contributed by atoms with Crippen molar-refractivity contribution in [3.05, 3.63) is 58.7 Å². The summed E-state index contributed by atoms with van der Waals surface area (Å²) >= 11 is 0. The second-order valence-electron chi connectivity index (χ2n) is 14.5. The highest BCUT2D eigenvalue weighted by atomic mass is 16.7. The zero-order valence-corrected chi connectivity index (χ0v) is 28.7. The van der Waals surface area contributed by atoms with Gasteiger partial charge < -0.3 is 34.0 Å². The zero-order chi connectivity index (χ0) is 33.4. The molecular formula is C37H53NO8. The van der Waals surface area contributed by atoms with E-state index < -0.39 is 41.6 Å². The monoisotopic (exact) mass is 639 g/mol. The number of aliphatic hydroxyl groups excluding tert-OH is 1. The first-order valence-electron chi connectivity index (χ1n) is 16.9. The number of hydrogen-bond donors (Lipinski definition) is 2. The smallest absolute Gasteiger partial charge is 0.337 e. The quantitative estimate of drug-likeness (QED) is 0.229. The third kappa shape index (κ3) is 6.99. The number of carbonyl (C=O) groups is 1. The number of fused-ring (bicyclic) bond motifs is 2. The van der Waals surface area contributed by atoms with Crippen molar-refractivity contribution in [1.29, 1.82) is 0 Å². The van der Waals surface area contributed by atoms with Gasteiger partial charge in [0.25, 0.3) is 0 Å². The molecule has 3 saturated heterocycles. The Balaban J connectivity index is 1.56. The van der Waals surface area contributed by atoms with Crippen LogP contribution in [0.3, 0.4) is 0 Å². The van der Waals surface area contributed by atoms with E-state index in [1.54, 1.807) is 13.2 Å². The number of ether oxygens (including phenoxy) is 4. The summed E-state index contributed by atoms with van der Waals surface area (Å²) in [6.07, 6.45) is 11.4. The van der Waals surface area contributed by atoms with Gasteiger partial charge in [0.15, 0.2) is 5.79 Å². The van der Waals surface area contributed by atoms with Gasteiger partial charge in [0.05, 0.1) is 36.2 Å². The predicted octanol–water partition coefficient (Wildman–Crippen LogP) is 5.73. The van der Waals surface area contributed by atoms with Crippen LogP contribution >= 0.6 is 0 Å². The molecule has 0 aromatic rings. The number of nitrogens with zero attached hydrogens (tertiary/aromatic N) is 1. The van der Waals surface area contributed by atoms with Crippen LogP contribution in [0.4, 0.5) is 0 Å². The predicted molar refractivity (Wildman–Crippen MR) is 176 cm³/mol. The van der Waals surface area contributed by atoms with Gasteiger partial charge in [-0.25, -0.2) is 4.79 Å². The maximum Gasteiger partial charge on any atom is 0.337 e. The summed E-state index contributed by atoms with van der Waals surface area (Å²) in [6, 6.07) is 0. The minimum absolute atomic E-state index is 0.0353. The van der Waals surface area contributed by atoms with E-state index in [1.807, 2.05) is 19.1 Å². The molecule has 4 heterocycles. The molecule has 9 nitrogen and oxygen atoms in total. The van der Waals surface area contributed by atoms with E-state index in [0.29, 0.717) is 37.2 Å². The van der Waals surface area contributed by atoms with Crippen molar-refractivity contribution in [3.8, 4) is 0 Å². The SMILES string of the molecule is CO/N=C1\C[C@]2(C[C@@H]3C[C@@H](C/C=C(\C)C[C@@H](C)/C=C/C=C4CO[C@@H]5[C@H](O)[C@@H](C)C=C(C(=O)O3)[C@]45O)O2)O[C@H](/C(C)=C/C(C)C)[C@H]1C. The molecule has 0 aromatic heterocycles. The zero-order valence-electron chi connectivity index (χ0n) is 28.7. The molecule has 2 bridgehead atoms. The molecule has 5 rings (SSSR count). The molecule has 0 saturated carbocycles. The van der Waals surface area contributed by atoms with Gasteiger partial charge in [-0.3, -0.25) is 0 Å². The first kappa shape index (κ1) is 34.8. The molecular weight excluding hydrogens is 586 g/mol.